The predicted molar refractivity (Wildman–Crippen MR) is 78.0 cm³/mol. The number of rotatable bonds is 3. The lowest BCUT2D eigenvalue weighted by molar-refractivity contribution is 0.926. The minimum atomic E-state index is 0.384. The third-order valence-electron chi connectivity index (χ3n) is 2.19. The van der Waals surface area contributed by atoms with Gasteiger partial charge in [0, 0.05) is 14.5 Å². The summed E-state index contributed by atoms with van der Waals surface area (Å²) < 4.78 is 3.25. The highest BCUT2D eigenvalue weighted by atomic mass is 79.9. The minimum Gasteiger partial charge on any atom is -0.335 e. The molecule has 0 saturated heterocycles. The zero-order chi connectivity index (χ0) is 13.1. The molecule has 0 saturated carbocycles. The van der Waals surface area contributed by atoms with Gasteiger partial charge in [0.05, 0.1) is 6.21 Å². The molecular formula is C10H10Br2N6. The molecule has 0 fully saturated rings. The molecule has 8 heteroatoms. The summed E-state index contributed by atoms with van der Waals surface area (Å²) in [6, 6.07) is 5.81. The molecule has 1 aromatic carbocycles. The Hall–Kier alpha value is -1.41. The molecule has 18 heavy (non-hydrogen) atoms. The van der Waals surface area contributed by atoms with Crippen molar-refractivity contribution < 1.29 is 0 Å². The second-order valence-corrected chi connectivity index (χ2v) is 5.25. The van der Waals surface area contributed by atoms with E-state index in [0.717, 1.165) is 14.5 Å². The van der Waals surface area contributed by atoms with Crippen LogP contribution in [0.4, 0.5) is 5.95 Å². The van der Waals surface area contributed by atoms with E-state index in [0.29, 0.717) is 11.8 Å². The Balaban J connectivity index is 2.12. The van der Waals surface area contributed by atoms with Crippen LogP contribution in [0.3, 0.4) is 0 Å². The Morgan fingerprint density at radius 2 is 2.17 bits per heavy atom. The van der Waals surface area contributed by atoms with Crippen LogP contribution in [0.15, 0.2) is 32.2 Å². The number of benzene rings is 1. The number of halogens is 2. The van der Waals surface area contributed by atoms with E-state index < -0.39 is 0 Å². The van der Waals surface area contributed by atoms with Crippen molar-refractivity contribution in [1.82, 2.24) is 14.9 Å². The van der Waals surface area contributed by atoms with Crippen molar-refractivity contribution in [2.24, 2.45) is 5.10 Å². The lowest BCUT2D eigenvalue weighted by Gasteiger charge is -2.01. The van der Waals surface area contributed by atoms with E-state index in [1.165, 1.54) is 4.68 Å². The molecule has 0 aliphatic carbocycles. The van der Waals surface area contributed by atoms with E-state index in [9.17, 15) is 0 Å². The molecule has 0 aliphatic rings. The lowest BCUT2D eigenvalue weighted by Crippen LogP contribution is -2.13. The Bertz CT molecular complexity index is 592. The van der Waals surface area contributed by atoms with Gasteiger partial charge in [-0.2, -0.15) is 5.10 Å². The van der Waals surface area contributed by atoms with Gasteiger partial charge in [-0.15, -0.1) is 10.2 Å². The summed E-state index contributed by atoms with van der Waals surface area (Å²) in [4.78, 5) is 0. The Morgan fingerprint density at radius 3 is 2.83 bits per heavy atom. The molecule has 0 atom stereocenters. The normalized spacial score (nSPS) is 11.1. The first kappa shape index (κ1) is 13.0. The van der Waals surface area contributed by atoms with Crippen LogP contribution in [0.25, 0.3) is 0 Å². The summed E-state index contributed by atoms with van der Waals surface area (Å²) in [7, 11) is 0. The summed E-state index contributed by atoms with van der Waals surface area (Å²) in [5.41, 5.74) is 3.65. The van der Waals surface area contributed by atoms with Crippen molar-refractivity contribution >= 4 is 44.0 Å². The summed E-state index contributed by atoms with van der Waals surface area (Å²) in [5, 5.41) is 11.7. The van der Waals surface area contributed by atoms with E-state index >= 15 is 0 Å². The first-order valence-electron chi connectivity index (χ1n) is 4.99. The SMILES string of the molecule is Cc1nnc(NN=Cc2cc(Br)ccc2Br)n1N. The molecule has 94 valence electrons. The van der Waals surface area contributed by atoms with Crippen LogP contribution in [-0.2, 0) is 0 Å². The molecule has 0 radical (unpaired) electrons. The van der Waals surface area contributed by atoms with Gasteiger partial charge in [0.2, 0.25) is 0 Å². The quantitative estimate of drug-likeness (QED) is 0.491. The fourth-order valence-electron chi connectivity index (χ4n) is 1.22. The van der Waals surface area contributed by atoms with Crippen LogP contribution in [0.1, 0.15) is 11.4 Å². The average molecular weight is 374 g/mol. The second-order valence-electron chi connectivity index (χ2n) is 3.48. The summed E-state index contributed by atoms with van der Waals surface area (Å²) in [6.07, 6.45) is 1.67. The van der Waals surface area contributed by atoms with Crippen molar-refractivity contribution in [3.05, 3.63) is 38.5 Å². The maximum Gasteiger partial charge on any atom is 0.263 e. The smallest absolute Gasteiger partial charge is 0.263 e. The molecule has 0 amide bonds. The van der Waals surface area contributed by atoms with E-state index in [1.54, 1.807) is 13.1 Å². The standard InChI is InChI=1S/C10H10Br2N6/c1-6-15-17-10(18(6)13)16-14-5-7-4-8(11)2-3-9(7)12/h2-5H,13H2,1H3,(H,16,17). The van der Waals surface area contributed by atoms with Crippen LogP contribution >= 0.6 is 31.9 Å². The highest BCUT2D eigenvalue weighted by Crippen LogP contribution is 2.19. The molecule has 6 nitrogen and oxygen atoms in total. The van der Waals surface area contributed by atoms with Gasteiger partial charge in [0.1, 0.15) is 0 Å². The largest absolute Gasteiger partial charge is 0.335 e. The molecular weight excluding hydrogens is 364 g/mol. The fourth-order valence-corrected chi connectivity index (χ4v) is 1.95. The number of aromatic nitrogens is 3. The Labute approximate surface area is 121 Å². The van der Waals surface area contributed by atoms with Gasteiger partial charge >= 0.3 is 0 Å². The van der Waals surface area contributed by atoms with Gasteiger partial charge in [0.25, 0.3) is 5.95 Å². The van der Waals surface area contributed by atoms with Gasteiger partial charge in [0.15, 0.2) is 5.82 Å². The van der Waals surface area contributed by atoms with E-state index in [4.69, 9.17) is 5.84 Å². The van der Waals surface area contributed by atoms with Gasteiger partial charge < -0.3 is 5.84 Å². The first-order valence-corrected chi connectivity index (χ1v) is 6.58. The highest BCUT2D eigenvalue weighted by Gasteiger charge is 2.03. The zero-order valence-electron chi connectivity index (χ0n) is 9.43. The van der Waals surface area contributed by atoms with Gasteiger partial charge in [-0.3, -0.25) is 0 Å². The minimum absolute atomic E-state index is 0.384. The number of hydrazone groups is 1. The lowest BCUT2D eigenvalue weighted by atomic mass is 10.2. The van der Waals surface area contributed by atoms with Gasteiger partial charge in [-0.1, -0.05) is 31.9 Å². The molecule has 3 N–H and O–H groups in total. The van der Waals surface area contributed by atoms with Crippen LogP contribution in [0.2, 0.25) is 0 Å². The number of anilines is 1. The maximum atomic E-state index is 5.67. The van der Waals surface area contributed by atoms with Crippen LogP contribution in [0.5, 0.6) is 0 Å². The van der Waals surface area contributed by atoms with Crippen molar-refractivity contribution in [1.29, 1.82) is 0 Å². The Kier molecular flexibility index (Phi) is 3.97. The number of hydrogen-bond acceptors (Lipinski definition) is 5. The number of aryl methyl sites for hydroxylation is 1. The maximum absolute atomic E-state index is 5.67. The van der Waals surface area contributed by atoms with Crippen molar-refractivity contribution in [3.63, 3.8) is 0 Å². The highest BCUT2D eigenvalue weighted by molar-refractivity contribution is 9.11. The third-order valence-corrected chi connectivity index (χ3v) is 3.41. The van der Waals surface area contributed by atoms with Gasteiger partial charge in [-0.25, -0.2) is 10.1 Å². The molecule has 1 heterocycles. The molecule has 2 rings (SSSR count). The van der Waals surface area contributed by atoms with Crippen LogP contribution < -0.4 is 11.3 Å². The summed E-state index contributed by atoms with van der Waals surface area (Å²) in [5.74, 6) is 6.67. The van der Waals surface area contributed by atoms with Crippen LogP contribution in [0, 0.1) is 6.92 Å². The number of nitrogens with zero attached hydrogens (tertiary/aromatic N) is 4. The topological polar surface area (TPSA) is 81.1 Å². The predicted octanol–water partition coefficient (Wildman–Crippen LogP) is 2.27. The number of nitrogens with two attached hydrogens (primary N) is 1. The molecule has 0 bridgehead atoms. The Morgan fingerprint density at radius 1 is 1.39 bits per heavy atom. The van der Waals surface area contributed by atoms with Crippen molar-refractivity contribution in [2.45, 2.75) is 6.92 Å². The molecule has 0 aliphatic heterocycles. The molecule has 1 aromatic heterocycles. The number of nitrogen functional groups attached to an aromatic ring is 1. The van der Waals surface area contributed by atoms with E-state index in [1.807, 2.05) is 18.2 Å². The number of nitrogens with one attached hydrogen (secondary N) is 1. The first-order chi connectivity index (χ1) is 8.58. The number of hydrogen-bond donors (Lipinski definition) is 2. The van der Waals surface area contributed by atoms with Gasteiger partial charge in [-0.05, 0) is 25.1 Å². The van der Waals surface area contributed by atoms with Crippen molar-refractivity contribution in [2.75, 3.05) is 11.3 Å². The summed E-state index contributed by atoms with van der Waals surface area (Å²) >= 11 is 6.84. The van der Waals surface area contributed by atoms with E-state index in [2.05, 4.69) is 52.6 Å². The van der Waals surface area contributed by atoms with Crippen molar-refractivity contribution in [3.8, 4) is 0 Å². The summed E-state index contributed by atoms with van der Waals surface area (Å²) in [6.45, 7) is 1.76. The molecule has 2 aromatic rings. The fraction of sp³-hybridized carbons (Fsp3) is 0.100. The monoisotopic (exact) mass is 372 g/mol. The second kappa shape index (κ2) is 5.49. The van der Waals surface area contributed by atoms with Crippen LogP contribution in [-0.4, -0.2) is 21.1 Å². The zero-order valence-corrected chi connectivity index (χ0v) is 12.6. The third kappa shape index (κ3) is 2.88. The molecule has 0 unspecified atom stereocenters. The average Bonchev–Trinajstić information content (AvgIpc) is 2.65. The molecule has 0 spiro atoms. The van der Waals surface area contributed by atoms with E-state index in [-0.39, 0.29) is 0 Å².